The second-order valence-corrected chi connectivity index (χ2v) is 7.65. The van der Waals surface area contributed by atoms with Crippen LogP contribution >= 0.6 is 37.2 Å². The minimum Gasteiger partial charge on any atom is -0.352 e. The number of halogens is 3. The summed E-state index contributed by atoms with van der Waals surface area (Å²) in [5.41, 5.74) is 2.60. The van der Waals surface area contributed by atoms with Crippen LogP contribution in [-0.4, -0.2) is 61.5 Å². The molecular weight excluding hydrogens is 431 g/mol. The van der Waals surface area contributed by atoms with Crippen LogP contribution in [0.4, 0.5) is 0 Å². The van der Waals surface area contributed by atoms with E-state index in [4.69, 9.17) is 0 Å². The summed E-state index contributed by atoms with van der Waals surface area (Å²) in [6, 6.07) is 8.54. The highest BCUT2D eigenvalue weighted by Crippen LogP contribution is 2.15. The lowest BCUT2D eigenvalue weighted by molar-refractivity contribution is -0.121. The molecule has 2 fully saturated rings. The van der Waals surface area contributed by atoms with E-state index in [0.29, 0.717) is 18.9 Å². The Morgan fingerprint density at radius 2 is 1.72 bits per heavy atom. The Labute approximate surface area is 194 Å². The minimum atomic E-state index is 0. The number of piperazine rings is 1. The maximum atomic E-state index is 12.2. The Morgan fingerprint density at radius 1 is 1.07 bits per heavy atom. The van der Waals surface area contributed by atoms with Crippen molar-refractivity contribution in [2.24, 2.45) is 5.92 Å². The molecule has 1 aromatic carbocycles. The molecule has 0 saturated carbocycles. The van der Waals surface area contributed by atoms with Crippen LogP contribution in [0, 0.1) is 5.92 Å². The predicted molar refractivity (Wildman–Crippen MR) is 128 cm³/mol. The van der Waals surface area contributed by atoms with Crippen LogP contribution in [-0.2, 0) is 17.9 Å². The van der Waals surface area contributed by atoms with Crippen LogP contribution < -0.4 is 10.6 Å². The van der Waals surface area contributed by atoms with Gasteiger partial charge in [0.05, 0.1) is 0 Å². The highest BCUT2D eigenvalue weighted by atomic mass is 35.5. The average molecular weight is 468 g/mol. The number of amides is 1. The largest absolute Gasteiger partial charge is 0.352 e. The molecule has 2 aliphatic heterocycles. The first-order valence-electron chi connectivity index (χ1n) is 10.2. The molecular formula is C21H37Cl3N4O. The van der Waals surface area contributed by atoms with Crippen molar-refractivity contribution < 1.29 is 4.79 Å². The van der Waals surface area contributed by atoms with E-state index in [-0.39, 0.29) is 43.1 Å². The number of likely N-dealkylation sites (N-methyl/N-ethyl adjacent to an activating group) is 1. The van der Waals surface area contributed by atoms with Gasteiger partial charge in [0.15, 0.2) is 0 Å². The van der Waals surface area contributed by atoms with Gasteiger partial charge in [0.1, 0.15) is 0 Å². The molecule has 0 aromatic heterocycles. The van der Waals surface area contributed by atoms with Gasteiger partial charge in [0, 0.05) is 45.7 Å². The maximum absolute atomic E-state index is 12.2. The van der Waals surface area contributed by atoms with Crippen molar-refractivity contribution >= 4 is 43.1 Å². The van der Waals surface area contributed by atoms with E-state index in [1.165, 1.54) is 17.5 Å². The smallest absolute Gasteiger partial charge is 0.220 e. The Balaban J connectivity index is 0.00000261. The monoisotopic (exact) mass is 466 g/mol. The van der Waals surface area contributed by atoms with Gasteiger partial charge < -0.3 is 15.5 Å². The molecule has 0 aliphatic carbocycles. The molecule has 0 bridgehead atoms. The molecule has 2 N–H and O–H groups in total. The first kappa shape index (κ1) is 28.4. The molecule has 2 aliphatic rings. The van der Waals surface area contributed by atoms with Gasteiger partial charge in [0.25, 0.3) is 0 Å². The average Bonchev–Trinajstić information content (AvgIpc) is 3.20. The van der Waals surface area contributed by atoms with E-state index in [1.54, 1.807) is 0 Å². The fourth-order valence-electron chi connectivity index (χ4n) is 3.97. The fraction of sp³-hybridized carbons (Fsp3) is 0.667. The van der Waals surface area contributed by atoms with Crippen molar-refractivity contribution in [2.75, 3.05) is 45.8 Å². The topological polar surface area (TPSA) is 47.6 Å². The SMILES string of the molecule is CCN1CCN(Cc2ccccc2CNC(=O)CCC2CCNC2)CC1.Cl.Cl.Cl. The fourth-order valence-corrected chi connectivity index (χ4v) is 3.97. The van der Waals surface area contributed by atoms with E-state index in [9.17, 15) is 4.79 Å². The van der Waals surface area contributed by atoms with Crippen LogP contribution in [0.1, 0.15) is 37.3 Å². The van der Waals surface area contributed by atoms with Gasteiger partial charge >= 0.3 is 0 Å². The highest BCUT2D eigenvalue weighted by Gasteiger charge is 2.17. The Hall–Kier alpha value is -0.560. The number of carbonyl (C=O) groups excluding carboxylic acids is 1. The Kier molecular flexibility index (Phi) is 15.0. The molecule has 1 amide bonds. The third-order valence-corrected chi connectivity index (χ3v) is 5.84. The Morgan fingerprint density at radius 3 is 2.34 bits per heavy atom. The summed E-state index contributed by atoms with van der Waals surface area (Å²) in [6.45, 7) is 11.8. The van der Waals surface area contributed by atoms with Gasteiger partial charge in [-0.2, -0.15) is 0 Å². The molecule has 0 radical (unpaired) electrons. The molecule has 1 atom stereocenters. The van der Waals surface area contributed by atoms with E-state index < -0.39 is 0 Å². The van der Waals surface area contributed by atoms with Gasteiger partial charge in [-0.3, -0.25) is 9.69 Å². The third kappa shape index (κ3) is 9.41. The summed E-state index contributed by atoms with van der Waals surface area (Å²) in [7, 11) is 0. The highest BCUT2D eigenvalue weighted by molar-refractivity contribution is 5.86. The molecule has 168 valence electrons. The number of benzene rings is 1. The number of hydrogen-bond donors (Lipinski definition) is 2. The third-order valence-electron chi connectivity index (χ3n) is 5.84. The lowest BCUT2D eigenvalue weighted by atomic mass is 10.0. The molecule has 1 unspecified atom stereocenters. The lowest BCUT2D eigenvalue weighted by Crippen LogP contribution is -2.45. The van der Waals surface area contributed by atoms with Crippen molar-refractivity contribution in [1.29, 1.82) is 0 Å². The van der Waals surface area contributed by atoms with Crippen molar-refractivity contribution in [1.82, 2.24) is 20.4 Å². The molecule has 0 spiro atoms. The van der Waals surface area contributed by atoms with Crippen LogP contribution in [0.15, 0.2) is 24.3 Å². The number of nitrogens with one attached hydrogen (secondary N) is 2. The zero-order valence-corrected chi connectivity index (χ0v) is 19.8. The van der Waals surface area contributed by atoms with E-state index in [1.807, 2.05) is 0 Å². The van der Waals surface area contributed by atoms with Crippen molar-refractivity contribution in [3.63, 3.8) is 0 Å². The Bertz CT molecular complexity index is 577. The zero-order valence-electron chi connectivity index (χ0n) is 17.4. The predicted octanol–water partition coefficient (Wildman–Crippen LogP) is 3.10. The first-order valence-corrected chi connectivity index (χ1v) is 10.2. The van der Waals surface area contributed by atoms with Crippen molar-refractivity contribution in [3.05, 3.63) is 35.4 Å². The lowest BCUT2D eigenvalue weighted by Gasteiger charge is -2.34. The summed E-state index contributed by atoms with van der Waals surface area (Å²) >= 11 is 0. The van der Waals surface area contributed by atoms with Gasteiger partial charge in [0.2, 0.25) is 5.91 Å². The molecule has 29 heavy (non-hydrogen) atoms. The van der Waals surface area contributed by atoms with Crippen molar-refractivity contribution in [2.45, 2.75) is 39.3 Å². The van der Waals surface area contributed by atoms with Crippen LogP contribution in [0.3, 0.4) is 0 Å². The summed E-state index contributed by atoms with van der Waals surface area (Å²) in [4.78, 5) is 17.2. The second kappa shape index (κ2) is 15.3. The van der Waals surface area contributed by atoms with Gasteiger partial charge in [-0.1, -0.05) is 31.2 Å². The number of carbonyl (C=O) groups is 1. The van der Waals surface area contributed by atoms with E-state index >= 15 is 0 Å². The van der Waals surface area contributed by atoms with Gasteiger partial charge in [-0.05, 0) is 49.5 Å². The van der Waals surface area contributed by atoms with Crippen molar-refractivity contribution in [3.8, 4) is 0 Å². The van der Waals surface area contributed by atoms with Crippen LogP contribution in [0.2, 0.25) is 0 Å². The molecule has 2 heterocycles. The number of rotatable bonds is 8. The zero-order chi connectivity index (χ0) is 18.2. The minimum absolute atomic E-state index is 0. The van der Waals surface area contributed by atoms with Gasteiger partial charge in [-0.15, -0.1) is 37.2 Å². The van der Waals surface area contributed by atoms with E-state index in [2.05, 4.69) is 51.6 Å². The number of nitrogens with zero attached hydrogens (tertiary/aromatic N) is 2. The van der Waals surface area contributed by atoms with E-state index in [0.717, 1.165) is 58.8 Å². The number of hydrogen-bond acceptors (Lipinski definition) is 4. The van der Waals surface area contributed by atoms with Crippen LogP contribution in [0.5, 0.6) is 0 Å². The first-order chi connectivity index (χ1) is 12.7. The summed E-state index contributed by atoms with van der Waals surface area (Å²) in [5, 5.41) is 6.50. The molecule has 5 nitrogen and oxygen atoms in total. The van der Waals surface area contributed by atoms with Gasteiger partial charge in [-0.25, -0.2) is 0 Å². The summed E-state index contributed by atoms with van der Waals surface area (Å²) in [6.07, 6.45) is 2.86. The summed E-state index contributed by atoms with van der Waals surface area (Å²) in [5.74, 6) is 0.859. The normalized spacial score (nSPS) is 19.6. The molecule has 8 heteroatoms. The second-order valence-electron chi connectivity index (χ2n) is 7.65. The molecule has 2 saturated heterocycles. The maximum Gasteiger partial charge on any atom is 0.220 e. The quantitative estimate of drug-likeness (QED) is 0.617. The molecule has 3 rings (SSSR count). The summed E-state index contributed by atoms with van der Waals surface area (Å²) < 4.78 is 0. The molecule has 1 aromatic rings. The standard InChI is InChI=1S/C21H34N4O.3ClH/c1-2-24-11-13-25(14-12-24)17-20-6-4-3-5-19(20)16-23-21(26)8-7-18-9-10-22-15-18;;;/h3-6,18,22H,2,7-17H2,1H3,(H,23,26);3*1H. The van der Waals surface area contributed by atoms with Crippen LogP contribution in [0.25, 0.3) is 0 Å².